The molecule has 1 aromatic heterocycles. The van der Waals surface area contributed by atoms with Crippen LogP contribution < -0.4 is 10.6 Å². The topological polar surface area (TPSA) is 76.0 Å². The molecule has 1 aromatic rings. The predicted molar refractivity (Wildman–Crippen MR) is 63.5 cm³/mol. The van der Waals surface area contributed by atoms with Crippen LogP contribution in [0.15, 0.2) is 12.5 Å². The van der Waals surface area contributed by atoms with Crippen LogP contribution in [0.1, 0.15) is 37.4 Å². The highest BCUT2D eigenvalue weighted by atomic mass is 16.2. The number of carbonyl (C=O) groups excluding carboxylic acids is 2. The molecule has 2 aliphatic rings. The molecule has 1 saturated carbocycles. The van der Waals surface area contributed by atoms with Crippen molar-refractivity contribution in [3.63, 3.8) is 0 Å². The van der Waals surface area contributed by atoms with Crippen LogP contribution in [0.4, 0.5) is 0 Å². The number of nitrogens with zero attached hydrogens (tertiary/aromatic N) is 2. The quantitative estimate of drug-likeness (QED) is 0.742. The Morgan fingerprint density at radius 3 is 2.94 bits per heavy atom. The number of imide groups is 1. The minimum atomic E-state index is -0.273. The molecule has 18 heavy (non-hydrogen) atoms. The molecular formula is C12H16N4O2. The third-order valence-corrected chi connectivity index (χ3v) is 3.46. The van der Waals surface area contributed by atoms with E-state index >= 15 is 0 Å². The Labute approximate surface area is 105 Å². The highest BCUT2D eigenvalue weighted by molar-refractivity contribution is 6.00. The molecule has 0 bridgehead atoms. The number of rotatable bonds is 4. The van der Waals surface area contributed by atoms with Crippen LogP contribution in [0.3, 0.4) is 0 Å². The summed E-state index contributed by atoms with van der Waals surface area (Å²) in [5, 5.41) is 5.54. The molecule has 2 heterocycles. The summed E-state index contributed by atoms with van der Waals surface area (Å²) in [4.78, 5) is 26.8. The number of hydrogen-bond acceptors (Lipinski definition) is 4. The van der Waals surface area contributed by atoms with E-state index in [1.54, 1.807) is 0 Å². The molecule has 1 aliphatic carbocycles. The van der Waals surface area contributed by atoms with Gasteiger partial charge in [-0.3, -0.25) is 14.9 Å². The third-order valence-electron chi connectivity index (χ3n) is 3.46. The molecule has 2 N–H and O–H groups in total. The average Bonchev–Trinajstić information content (AvgIpc) is 3.08. The SMILES string of the molecule is O=C1CCC(NCc2cncn2C2CC2)C(=O)N1. The largest absolute Gasteiger partial charge is 0.330 e. The molecule has 1 atom stereocenters. The maximum Gasteiger partial charge on any atom is 0.243 e. The zero-order valence-corrected chi connectivity index (χ0v) is 10.1. The van der Waals surface area contributed by atoms with E-state index in [-0.39, 0.29) is 17.9 Å². The highest BCUT2D eigenvalue weighted by Crippen LogP contribution is 2.35. The minimum Gasteiger partial charge on any atom is -0.330 e. The summed E-state index contributed by atoms with van der Waals surface area (Å²) in [5.74, 6) is -0.398. The van der Waals surface area contributed by atoms with Crippen LogP contribution in [0.5, 0.6) is 0 Å². The van der Waals surface area contributed by atoms with E-state index in [9.17, 15) is 9.59 Å². The molecule has 0 radical (unpaired) electrons. The monoisotopic (exact) mass is 248 g/mol. The van der Waals surface area contributed by atoms with Crippen molar-refractivity contribution in [1.29, 1.82) is 0 Å². The second-order valence-corrected chi connectivity index (χ2v) is 4.91. The van der Waals surface area contributed by atoms with E-state index in [1.165, 1.54) is 12.8 Å². The molecule has 6 heteroatoms. The van der Waals surface area contributed by atoms with E-state index in [2.05, 4.69) is 20.2 Å². The Bertz CT molecular complexity index is 478. The van der Waals surface area contributed by atoms with Crippen LogP contribution in [0, 0.1) is 0 Å². The molecular weight excluding hydrogens is 232 g/mol. The summed E-state index contributed by atoms with van der Waals surface area (Å²) in [6, 6.07) is 0.316. The van der Waals surface area contributed by atoms with Crippen LogP contribution >= 0.6 is 0 Å². The Morgan fingerprint density at radius 1 is 1.39 bits per heavy atom. The minimum absolute atomic E-state index is 0.180. The summed E-state index contributed by atoms with van der Waals surface area (Å²) in [6.07, 6.45) is 7.08. The number of hydrogen-bond donors (Lipinski definition) is 2. The second-order valence-electron chi connectivity index (χ2n) is 4.91. The van der Waals surface area contributed by atoms with E-state index in [1.807, 2.05) is 12.5 Å². The summed E-state index contributed by atoms with van der Waals surface area (Å²) >= 11 is 0. The Kier molecular flexibility index (Phi) is 2.87. The van der Waals surface area contributed by atoms with Crippen LogP contribution in [0.2, 0.25) is 0 Å². The lowest BCUT2D eigenvalue weighted by atomic mass is 10.1. The van der Waals surface area contributed by atoms with Gasteiger partial charge in [0.15, 0.2) is 0 Å². The molecule has 6 nitrogen and oxygen atoms in total. The first-order chi connectivity index (χ1) is 8.74. The fraction of sp³-hybridized carbons (Fsp3) is 0.583. The number of imidazole rings is 1. The summed E-state index contributed by atoms with van der Waals surface area (Å²) in [6.45, 7) is 0.614. The van der Waals surface area contributed by atoms with Crippen LogP contribution in [0.25, 0.3) is 0 Å². The molecule has 1 unspecified atom stereocenters. The number of nitrogens with one attached hydrogen (secondary N) is 2. The molecule has 3 rings (SSSR count). The lowest BCUT2D eigenvalue weighted by Gasteiger charge is -2.22. The van der Waals surface area contributed by atoms with Gasteiger partial charge in [0, 0.05) is 25.2 Å². The summed E-state index contributed by atoms with van der Waals surface area (Å²) in [7, 11) is 0. The standard InChI is InChI=1S/C12H16N4O2/c17-11-4-3-10(12(18)15-11)14-6-9-5-13-7-16(9)8-1-2-8/h5,7-8,10,14H,1-4,6H2,(H,15,17,18). The predicted octanol–water partition coefficient (Wildman–Crippen LogP) is 0.113. The van der Waals surface area contributed by atoms with Gasteiger partial charge in [-0.25, -0.2) is 4.98 Å². The number of piperidine rings is 1. The van der Waals surface area contributed by atoms with Crippen molar-refractivity contribution < 1.29 is 9.59 Å². The molecule has 1 aliphatic heterocycles. The molecule has 96 valence electrons. The Hall–Kier alpha value is -1.69. The molecule has 1 saturated heterocycles. The van der Waals surface area contributed by atoms with E-state index in [0.29, 0.717) is 25.4 Å². The number of carbonyl (C=O) groups is 2. The smallest absolute Gasteiger partial charge is 0.243 e. The van der Waals surface area contributed by atoms with Gasteiger partial charge < -0.3 is 9.88 Å². The van der Waals surface area contributed by atoms with E-state index in [4.69, 9.17) is 0 Å². The fourth-order valence-corrected chi connectivity index (χ4v) is 2.27. The molecule has 0 aromatic carbocycles. The molecule has 2 amide bonds. The molecule has 2 fully saturated rings. The maximum atomic E-state index is 11.6. The highest BCUT2D eigenvalue weighted by Gasteiger charge is 2.28. The maximum absolute atomic E-state index is 11.6. The summed E-state index contributed by atoms with van der Waals surface area (Å²) < 4.78 is 2.17. The lowest BCUT2D eigenvalue weighted by Crippen LogP contribution is -2.50. The zero-order valence-electron chi connectivity index (χ0n) is 10.1. The fourth-order valence-electron chi connectivity index (χ4n) is 2.27. The number of amides is 2. The second kappa shape index (κ2) is 4.53. The first-order valence-corrected chi connectivity index (χ1v) is 6.32. The Morgan fingerprint density at radius 2 is 2.22 bits per heavy atom. The van der Waals surface area contributed by atoms with Crippen LogP contribution in [-0.4, -0.2) is 27.4 Å². The van der Waals surface area contributed by atoms with Crippen molar-refractivity contribution in [1.82, 2.24) is 20.2 Å². The van der Waals surface area contributed by atoms with E-state index < -0.39 is 0 Å². The summed E-state index contributed by atoms with van der Waals surface area (Å²) in [5.41, 5.74) is 1.10. The van der Waals surface area contributed by atoms with Gasteiger partial charge >= 0.3 is 0 Å². The van der Waals surface area contributed by atoms with Gasteiger partial charge in [-0.2, -0.15) is 0 Å². The molecule has 0 spiro atoms. The van der Waals surface area contributed by atoms with Gasteiger partial charge in [0.25, 0.3) is 0 Å². The zero-order chi connectivity index (χ0) is 12.5. The van der Waals surface area contributed by atoms with Crippen molar-refractivity contribution in [2.75, 3.05) is 0 Å². The van der Waals surface area contributed by atoms with Crippen molar-refractivity contribution in [3.8, 4) is 0 Å². The lowest BCUT2D eigenvalue weighted by molar-refractivity contribution is -0.134. The van der Waals surface area contributed by atoms with Gasteiger partial charge in [0.2, 0.25) is 11.8 Å². The van der Waals surface area contributed by atoms with Crippen molar-refractivity contribution in [2.24, 2.45) is 0 Å². The Balaban J connectivity index is 1.59. The van der Waals surface area contributed by atoms with Gasteiger partial charge in [-0.15, -0.1) is 0 Å². The van der Waals surface area contributed by atoms with Gasteiger partial charge in [-0.1, -0.05) is 0 Å². The van der Waals surface area contributed by atoms with Crippen molar-refractivity contribution >= 4 is 11.8 Å². The van der Waals surface area contributed by atoms with Gasteiger partial charge in [0.05, 0.1) is 18.1 Å². The normalized spacial score (nSPS) is 24.1. The number of aromatic nitrogens is 2. The van der Waals surface area contributed by atoms with Crippen molar-refractivity contribution in [2.45, 2.75) is 44.3 Å². The van der Waals surface area contributed by atoms with Gasteiger partial charge in [-0.05, 0) is 19.3 Å². The third kappa shape index (κ3) is 2.28. The average molecular weight is 248 g/mol. The van der Waals surface area contributed by atoms with Gasteiger partial charge in [0.1, 0.15) is 0 Å². The van der Waals surface area contributed by atoms with Crippen molar-refractivity contribution in [3.05, 3.63) is 18.2 Å². The van der Waals surface area contributed by atoms with E-state index in [0.717, 1.165) is 5.69 Å². The first kappa shape index (κ1) is 11.4. The first-order valence-electron chi connectivity index (χ1n) is 6.32. The van der Waals surface area contributed by atoms with Crippen LogP contribution in [-0.2, 0) is 16.1 Å².